The van der Waals surface area contributed by atoms with E-state index in [1.54, 1.807) is 7.11 Å². The molecule has 1 aliphatic rings. The van der Waals surface area contributed by atoms with Crippen molar-refractivity contribution >= 4 is 17.5 Å². The number of ether oxygens (including phenoxy) is 2. The first kappa shape index (κ1) is 17.3. The first-order valence-electron chi connectivity index (χ1n) is 7.78. The van der Waals surface area contributed by atoms with Gasteiger partial charge in [0.1, 0.15) is 0 Å². The van der Waals surface area contributed by atoms with Gasteiger partial charge in [-0.1, -0.05) is 30.7 Å². The molecule has 0 spiro atoms. The van der Waals surface area contributed by atoms with Crippen molar-refractivity contribution in [1.82, 2.24) is 5.32 Å². The van der Waals surface area contributed by atoms with E-state index in [9.17, 15) is 4.79 Å². The van der Waals surface area contributed by atoms with Crippen LogP contribution in [0.15, 0.2) is 24.3 Å². The first-order chi connectivity index (χ1) is 10.6. The molecular formula is C17H24ClNO3. The topological polar surface area (TPSA) is 47.6 Å². The standard InChI is InChI=1S/C17H24ClNO3/c1-3-15(12-13-4-6-14(18)7-5-13)19-16(20)17(21-2)8-10-22-11-9-17/h4-7,15H,3,8-12H2,1-2H3,(H,19,20)/t15-/m1/s1. The van der Waals surface area contributed by atoms with Crippen LogP contribution in [0.2, 0.25) is 5.02 Å². The highest BCUT2D eigenvalue weighted by atomic mass is 35.5. The SMILES string of the molecule is CC[C@H](Cc1ccc(Cl)cc1)NC(=O)C1(OC)CCOCC1. The summed E-state index contributed by atoms with van der Waals surface area (Å²) in [6.45, 7) is 3.20. The predicted octanol–water partition coefficient (Wildman–Crippen LogP) is 2.97. The molecule has 0 unspecified atom stereocenters. The van der Waals surface area contributed by atoms with E-state index in [1.165, 1.54) is 0 Å². The third kappa shape index (κ3) is 4.22. The Kier molecular flexibility index (Phi) is 6.24. The van der Waals surface area contributed by atoms with Crippen LogP contribution in [0.25, 0.3) is 0 Å². The van der Waals surface area contributed by atoms with E-state index in [0.717, 1.165) is 23.4 Å². The molecule has 122 valence electrons. The Morgan fingerprint density at radius 2 is 2.00 bits per heavy atom. The Morgan fingerprint density at radius 3 is 2.55 bits per heavy atom. The number of amides is 1. The molecule has 1 N–H and O–H groups in total. The van der Waals surface area contributed by atoms with Gasteiger partial charge in [0, 0.05) is 44.2 Å². The quantitative estimate of drug-likeness (QED) is 0.874. The van der Waals surface area contributed by atoms with Crippen LogP contribution in [0.1, 0.15) is 31.7 Å². The fraction of sp³-hybridized carbons (Fsp3) is 0.588. The molecule has 4 nitrogen and oxygen atoms in total. The summed E-state index contributed by atoms with van der Waals surface area (Å²) in [7, 11) is 1.60. The van der Waals surface area contributed by atoms with Gasteiger partial charge in [0.2, 0.25) is 0 Å². The fourth-order valence-corrected chi connectivity index (χ4v) is 2.87. The van der Waals surface area contributed by atoms with Gasteiger partial charge in [0.15, 0.2) is 5.60 Å². The van der Waals surface area contributed by atoms with Crippen molar-refractivity contribution in [2.24, 2.45) is 0 Å². The molecule has 1 aromatic rings. The van der Waals surface area contributed by atoms with Crippen LogP contribution < -0.4 is 5.32 Å². The molecule has 0 saturated carbocycles. The van der Waals surface area contributed by atoms with E-state index in [4.69, 9.17) is 21.1 Å². The average Bonchev–Trinajstić information content (AvgIpc) is 2.56. The number of halogens is 1. The van der Waals surface area contributed by atoms with Crippen molar-refractivity contribution in [3.05, 3.63) is 34.9 Å². The highest BCUT2D eigenvalue weighted by Crippen LogP contribution is 2.25. The normalized spacial score (nSPS) is 18.7. The lowest BCUT2D eigenvalue weighted by molar-refractivity contribution is -0.155. The third-order valence-electron chi connectivity index (χ3n) is 4.33. The lowest BCUT2D eigenvalue weighted by atomic mass is 9.92. The minimum Gasteiger partial charge on any atom is -0.381 e. The van der Waals surface area contributed by atoms with E-state index in [0.29, 0.717) is 26.1 Å². The maximum absolute atomic E-state index is 12.7. The van der Waals surface area contributed by atoms with Gasteiger partial charge in [-0.25, -0.2) is 0 Å². The van der Waals surface area contributed by atoms with Crippen LogP contribution in [-0.2, 0) is 20.7 Å². The molecule has 1 saturated heterocycles. The van der Waals surface area contributed by atoms with Gasteiger partial charge in [-0.3, -0.25) is 4.79 Å². The molecule has 5 heteroatoms. The van der Waals surface area contributed by atoms with Crippen molar-refractivity contribution in [1.29, 1.82) is 0 Å². The highest BCUT2D eigenvalue weighted by molar-refractivity contribution is 6.30. The van der Waals surface area contributed by atoms with Crippen LogP contribution >= 0.6 is 11.6 Å². The number of methoxy groups -OCH3 is 1. The summed E-state index contributed by atoms with van der Waals surface area (Å²) in [5.74, 6) is -0.0286. The zero-order valence-corrected chi connectivity index (χ0v) is 14.0. The molecule has 1 aliphatic heterocycles. The zero-order valence-electron chi connectivity index (χ0n) is 13.2. The number of carbonyl (C=O) groups is 1. The minimum absolute atomic E-state index is 0.0286. The Hall–Kier alpha value is -1.10. The lowest BCUT2D eigenvalue weighted by Crippen LogP contribution is -2.54. The van der Waals surface area contributed by atoms with Crippen LogP contribution in [0.5, 0.6) is 0 Å². The second kappa shape index (κ2) is 7.95. The molecular weight excluding hydrogens is 302 g/mol. The maximum atomic E-state index is 12.7. The summed E-state index contributed by atoms with van der Waals surface area (Å²) in [6, 6.07) is 7.83. The predicted molar refractivity (Wildman–Crippen MR) is 87.2 cm³/mol. The summed E-state index contributed by atoms with van der Waals surface area (Å²) >= 11 is 5.91. The van der Waals surface area contributed by atoms with Crippen LogP contribution in [0.3, 0.4) is 0 Å². The number of rotatable bonds is 6. The number of hydrogen-bond acceptors (Lipinski definition) is 3. The molecule has 0 bridgehead atoms. The van der Waals surface area contributed by atoms with Gasteiger partial charge >= 0.3 is 0 Å². The number of nitrogens with one attached hydrogen (secondary N) is 1. The van der Waals surface area contributed by atoms with Gasteiger partial charge in [0.25, 0.3) is 5.91 Å². The molecule has 0 radical (unpaired) electrons. The largest absolute Gasteiger partial charge is 0.381 e. The number of hydrogen-bond donors (Lipinski definition) is 1. The van der Waals surface area contributed by atoms with Gasteiger partial charge < -0.3 is 14.8 Å². The number of benzene rings is 1. The second-order valence-electron chi connectivity index (χ2n) is 5.72. The summed E-state index contributed by atoms with van der Waals surface area (Å²) in [5, 5.41) is 3.86. The molecule has 2 rings (SSSR count). The summed E-state index contributed by atoms with van der Waals surface area (Å²) in [5.41, 5.74) is 0.418. The van der Waals surface area contributed by atoms with Crippen LogP contribution in [0, 0.1) is 0 Å². The van der Waals surface area contributed by atoms with E-state index in [2.05, 4.69) is 12.2 Å². The number of carbonyl (C=O) groups excluding carboxylic acids is 1. The van der Waals surface area contributed by atoms with Crippen molar-refractivity contribution in [2.45, 2.75) is 44.2 Å². The maximum Gasteiger partial charge on any atom is 0.252 e. The van der Waals surface area contributed by atoms with Crippen molar-refractivity contribution < 1.29 is 14.3 Å². The Balaban J connectivity index is 1.99. The molecule has 1 amide bonds. The fourth-order valence-electron chi connectivity index (χ4n) is 2.74. The lowest BCUT2D eigenvalue weighted by Gasteiger charge is -2.35. The van der Waals surface area contributed by atoms with E-state index < -0.39 is 5.60 Å². The summed E-state index contributed by atoms with van der Waals surface area (Å²) in [4.78, 5) is 12.7. The van der Waals surface area contributed by atoms with Crippen LogP contribution in [-0.4, -0.2) is 37.9 Å². The summed E-state index contributed by atoms with van der Waals surface area (Å²) in [6.07, 6.45) is 2.86. The molecule has 1 heterocycles. The average molecular weight is 326 g/mol. The van der Waals surface area contributed by atoms with Crippen LogP contribution in [0.4, 0.5) is 0 Å². The van der Waals surface area contributed by atoms with Gasteiger partial charge in [-0.05, 0) is 30.5 Å². The van der Waals surface area contributed by atoms with E-state index >= 15 is 0 Å². The summed E-state index contributed by atoms with van der Waals surface area (Å²) < 4.78 is 10.9. The van der Waals surface area contributed by atoms with Crippen molar-refractivity contribution in [3.63, 3.8) is 0 Å². The molecule has 1 fully saturated rings. The smallest absolute Gasteiger partial charge is 0.252 e. The van der Waals surface area contributed by atoms with Gasteiger partial charge in [-0.2, -0.15) is 0 Å². The molecule has 22 heavy (non-hydrogen) atoms. The Morgan fingerprint density at radius 1 is 1.36 bits per heavy atom. The van der Waals surface area contributed by atoms with Crippen molar-refractivity contribution in [2.75, 3.05) is 20.3 Å². The Labute approximate surface area is 137 Å². The Bertz CT molecular complexity index is 483. The minimum atomic E-state index is -0.744. The zero-order chi connectivity index (χ0) is 16.0. The first-order valence-corrected chi connectivity index (χ1v) is 8.16. The molecule has 0 aliphatic carbocycles. The third-order valence-corrected chi connectivity index (χ3v) is 4.58. The molecule has 1 aromatic carbocycles. The van der Waals surface area contributed by atoms with Gasteiger partial charge in [-0.15, -0.1) is 0 Å². The van der Waals surface area contributed by atoms with E-state index in [-0.39, 0.29) is 11.9 Å². The monoisotopic (exact) mass is 325 g/mol. The van der Waals surface area contributed by atoms with Gasteiger partial charge in [0.05, 0.1) is 0 Å². The molecule has 0 aromatic heterocycles. The second-order valence-corrected chi connectivity index (χ2v) is 6.16. The molecule has 1 atom stereocenters. The van der Waals surface area contributed by atoms with E-state index in [1.807, 2.05) is 24.3 Å². The highest BCUT2D eigenvalue weighted by Gasteiger charge is 2.40. The van der Waals surface area contributed by atoms with Crippen molar-refractivity contribution in [3.8, 4) is 0 Å².